The van der Waals surface area contributed by atoms with Gasteiger partial charge in [0.1, 0.15) is 5.76 Å². The number of ketones is 1. The first-order chi connectivity index (χ1) is 9.19. The van der Waals surface area contributed by atoms with E-state index in [-0.39, 0.29) is 5.78 Å². The Morgan fingerprint density at radius 3 is 2.68 bits per heavy atom. The molecule has 0 heterocycles. The Labute approximate surface area is 113 Å². The highest BCUT2D eigenvalue weighted by molar-refractivity contribution is 5.93. The van der Waals surface area contributed by atoms with Crippen LogP contribution in [0.4, 0.5) is 0 Å². The summed E-state index contributed by atoms with van der Waals surface area (Å²) in [5, 5.41) is 0. The molecule has 2 atom stereocenters. The zero-order valence-corrected chi connectivity index (χ0v) is 11.3. The van der Waals surface area contributed by atoms with Gasteiger partial charge in [-0.25, -0.2) is 0 Å². The van der Waals surface area contributed by atoms with Crippen molar-refractivity contribution in [3.63, 3.8) is 0 Å². The van der Waals surface area contributed by atoms with E-state index in [1.807, 2.05) is 12.2 Å². The number of rotatable bonds is 3. The van der Waals surface area contributed by atoms with E-state index in [0.29, 0.717) is 11.8 Å². The molecule has 0 amide bonds. The van der Waals surface area contributed by atoms with Crippen LogP contribution in [0.3, 0.4) is 0 Å². The zero-order valence-electron chi connectivity index (χ0n) is 11.3. The van der Waals surface area contributed by atoms with E-state index in [2.05, 4.69) is 24.3 Å². The first-order valence-corrected chi connectivity index (χ1v) is 6.74. The molecular formula is C17H18O2. The number of fused-ring (bicyclic) bond motifs is 1. The summed E-state index contributed by atoms with van der Waals surface area (Å²) >= 11 is 0. The highest BCUT2D eigenvalue weighted by Gasteiger charge is 2.31. The molecule has 1 unspecified atom stereocenters. The van der Waals surface area contributed by atoms with Gasteiger partial charge in [-0.2, -0.15) is 0 Å². The lowest BCUT2D eigenvalue weighted by molar-refractivity contribution is -0.113. The van der Waals surface area contributed by atoms with Crippen molar-refractivity contribution in [3.8, 4) is 0 Å². The second-order valence-electron chi connectivity index (χ2n) is 5.35. The Morgan fingerprint density at radius 1 is 1.21 bits per heavy atom. The van der Waals surface area contributed by atoms with Gasteiger partial charge in [-0.3, -0.25) is 4.79 Å². The average Bonchev–Trinajstić information content (AvgIpc) is 2.66. The molecule has 0 spiro atoms. The van der Waals surface area contributed by atoms with Gasteiger partial charge in [-0.05, 0) is 37.0 Å². The van der Waals surface area contributed by atoms with Gasteiger partial charge in [0.25, 0.3) is 0 Å². The fourth-order valence-corrected chi connectivity index (χ4v) is 3.01. The maximum absolute atomic E-state index is 11.5. The second-order valence-corrected chi connectivity index (χ2v) is 5.35. The predicted octanol–water partition coefficient (Wildman–Crippen LogP) is 3.49. The number of carbonyl (C=O) groups excluding carboxylic acids is 1. The highest BCUT2D eigenvalue weighted by atomic mass is 16.5. The van der Waals surface area contributed by atoms with E-state index in [1.54, 1.807) is 14.0 Å². The Balaban J connectivity index is 1.85. The molecule has 4 rings (SSSR count). The number of Topliss-reactive ketones (excluding diaryl/α,β-unsaturated/α-hetero) is 1. The summed E-state index contributed by atoms with van der Waals surface area (Å²) in [6.07, 6.45) is 14.6. The Kier molecular flexibility index (Phi) is 3.02. The van der Waals surface area contributed by atoms with Gasteiger partial charge in [0.05, 0.1) is 7.11 Å². The van der Waals surface area contributed by atoms with Gasteiger partial charge in [-0.15, -0.1) is 0 Å². The van der Waals surface area contributed by atoms with E-state index < -0.39 is 0 Å². The molecule has 0 fully saturated rings. The molecule has 0 aliphatic heterocycles. The van der Waals surface area contributed by atoms with Gasteiger partial charge in [0, 0.05) is 11.8 Å². The SMILES string of the molecule is COC1=CC=C(C2C=CC=C(C(C)=O)C2)[C@H]2C=C1C2. The van der Waals surface area contributed by atoms with Crippen LogP contribution in [0, 0.1) is 11.8 Å². The van der Waals surface area contributed by atoms with Crippen molar-refractivity contribution < 1.29 is 9.53 Å². The minimum Gasteiger partial charge on any atom is -0.496 e. The van der Waals surface area contributed by atoms with Crippen molar-refractivity contribution in [1.82, 2.24) is 0 Å². The largest absolute Gasteiger partial charge is 0.496 e. The summed E-state index contributed by atoms with van der Waals surface area (Å²) in [5.41, 5.74) is 3.64. The minimum atomic E-state index is 0.182. The van der Waals surface area contributed by atoms with Crippen LogP contribution in [0.2, 0.25) is 0 Å². The zero-order chi connectivity index (χ0) is 13.4. The Bertz CT molecular complexity index is 570. The summed E-state index contributed by atoms with van der Waals surface area (Å²) in [6.45, 7) is 1.65. The summed E-state index contributed by atoms with van der Waals surface area (Å²) in [6, 6.07) is 0. The lowest BCUT2D eigenvalue weighted by Gasteiger charge is -2.30. The first-order valence-electron chi connectivity index (χ1n) is 6.74. The number of allylic oxidation sites excluding steroid dienone is 9. The summed E-state index contributed by atoms with van der Waals surface area (Å²) < 4.78 is 5.38. The molecule has 0 radical (unpaired) electrons. The van der Waals surface area contributed by atoms with E-state index in [4.69, 9.17) is 4.74 Å². The molecule has 0 aromatic carbocycles. The highest BCUT2D eigenvalue weighted by Crippen LogP contribution is 2.43. The molecule has 98 valence electrons. The van der Waals surface area contributed by atoms with Gasteiger partial charge in [0.15, 0.2) is 5.78 Å². The van der Waals surface area contributed by atoms with Gasteiger partial charge >= 0.3 is 0 Å². The molecule has 0 aromatic heterocycles. The van der Waals surface area contributed by atoms with Crippen LogP contribution >= 0.6 is 0 Å². The lowest BCUT2D eigenvalue weighted by Crippen LogP contribution is -2.19. The van der Waals surface area contributed by atoms with Crippen LogP contribution in [0.25, 0.3) is 0 Å². The third kappa shape index (κ3) is 2.12. The summed E-state index contributed by atoms with van der Waals surface area (Å²) in [7, 11) is 1.72. The van der Waals surface area contributed by atoms with Gasteiger partial charge in [-0.1, -0.05) is 36.0 Å². The van der Waals surface area contributed by atoms with Gasteiger partial charge in [0.2, 0.25) is 0 Å². The second kappa shape index (κ2) is 4.69. The summed E-state index contributed by atoms with van der Waals surface area (Å²) in [5.74, 6) is 2.02. The number of hydrogen-bond donors (Lipinski definition) is 0. The number of ether oxygens (including phenoxy) is 1. The molecular weight excluding hydrogens is 236 g/mol. The summed E-state index contributed by atoms with van der Waals surface area (Å²) in [4.78, 5) is 11.5. The fraction of sp³-hybridized carbons (Fsp3) is 0.353. The smallest absolute Gasteiger partial charge is 0.155 e. The van der Waals surface area contributed by atoms with Crippen LogP contribution in [-0.2, 0) is 9.53 Å². The molecule has 4 aliphatic rings. The number of carbonyl (C=O) groups is 1. The van der Waals surface area contributed by atoms with E-state index in [1.165, 1.54) is 11.1 Å². The number of methoxy groups -OCH3 is 1. The van der Waals surface area contributed by atoms with E-state index in [9.17, 15) is 4.79 Å². The molecule has 0 aromatic rings. The molecule has 2 bridgehead atoms. The maximum atomic E-state index is 11.5. The van der Waals surface area contributed by atoms with Crippen molar-refractivity contribution in [2.45, 2.75) is 19.8 Å². The van der Waals surface area contributed by atoms with Crippen molar-refractivity contribution in [1.29, 1.82) is 0 Å². The van der Waals surface area contributed by atoms with Gasteiger partial charge < -0.3 is 4.74 Å². The Morgan fingerprint density at radius 2 is 2.00 bits per heavy atom. The van der Waals surface area contributed by atoms with Crippen molar-refractivity contribution >= 4 is 5.78 Å². The third-order valence-corrected chi connectivity index (χ3v) is 4.19. The fourth-order valence-electron chi connectivity index (χ4n) is 3.01. The monoisotopic (exact) mass is 254 g/mol. The molecule has 2 nitrogen and oxygen atoms in total. The molecule has 0 N–H and O–H groups in total. The molecule has 19 heavy (non-hydrogen) atoms. The van der Waals surface area contributed by atoms with Crippen LogP contribution in [0.5, 0.6) is 0 Å². The third-order valence-electron chi connectivity index (χ3n) is 4.19. The van der Waals surface area contributed by atoms with Crippen LogP contribution in [-0.4, -0.2) is 12.9 Å². The first kappa shape index (κ1) is 12.2. The number of hydrogen-bond acceptors (Lipinski definition) is 2. The van der Waals surface area contributed by atoms with Crippen LogP contribution < -0.4 is 0 Å². The van der Waals surface area contributed by atoms with Crippen molar-refractivity contribution in [2.24, 2.45) is 11.8 Å². The Hall–Kier alpha value is -1.83. The standard InChI is InChI=1S/C17H18O2/c1-11(18)12-4-3-5-13(8-12)16-6-7-17(19-2)15-9-14(16)10-15/h3-7,9,13-14H,8,10H2,1-2H3/t13?,14-/m0/s1. The lowest BCUT2D eigenvalue weighted by atomic mass is 9.74. The normalized spacial score (nSPS) is 28.3. The topological polar surface area (TPSA) is 26.3 Å². The van der Waals surface area contributed by atoms with Crippen LogP contribution in [0.1, 0.15) is 19.8 Å². The maximum Gasteiger partial charge on any atom is 0.155 e. The molecule has 0 saturated carbocycles. The molecule has 4 aliphatic carbocycles. The van der Waals surface area contributed by atoms with Crippen molar-refractivity contribution in [3.05, 3.63) is 58.9 Å². The quantitative estimate of drug-likeness (QED) is 0.770. The van der Waals surface area contributed by atoms with Crippen molar-refractivity contribution in [2.75, 3.05) is 7.11 Å². The van der Waals surface area contributed by atoms with E-state index >= 15 is 0 Å². The molecule has 2 heteroatoms. The van der Waals surface area contributed by atoms with Crippen LogP contribution in [0.15, 0.2) is 58.9 Å². The molecule has 0 saturated heterocycles. The predicted molar refractivity (Wildman–Crippen MR) is 75.4 cm³/mol. The minimum absolute atomic E-state index is 0.182. The average molecular weight is 254 g/mol. The van der Waals surface area contributed by atoms with E-state index in [0.717, 1.165) is 24.2 Å².